The summed E-state index contributed by atoms with van der Waals surface area (Å²) in [5.74, 6) is -0.0974. The third-order valence-electron chi connectivity index (χ3n) is 3.56. The Morgan fingerprint density at radius 2 is 2.05 bits per heavy atom. The lowest BCUT2D eigenvalue weighted by Gasteiger charge is -2.18. The molecule has 2 N–H and O–H groups in total. The summed E-state index contributed by atoms with van der Waals surface area (Å²) >= 11 is 0. The van der Waals surface area contributed by atoms with Gasteiger partial charge in [-0.2, -0.15) is 0 Å². The van der Waals surface area contributed by atoms with Gasteiger partial charge in [-0.1, -0.05) is 30.3 Å². The van der Waals surface area contributed by atoms with Crippen LogP contribution in [-0.2, 0) is 13.1 Å². The maximum Gasteiger partial charge on any atom is 0.271 e. The Labute approximate surface area is 122 Å². The molecule has 0 saturated heterocycles. The van der Waals surface area contributed by atoms with Crippen LogP contribution in [0.15, 0.2) is 30.3 Å². The van der Waals surface area contributed by atoms with Crippen LogP contribution in [0.25, 0.3) is 0 Å². The van der Waals surface area contributed by atoms with Gasteiger partial charge >= 0.3 is 0 Å². The van der Waals surface area contributed by atoms with Gasteiger partial charge in [0.05, 0.1) is 5.69 Å². The van der Waals surface area contributed by atoms with Crippen molar-refractivity contribution in [2.24, 2.45) is 0 Å². The predicted octanol–water partition coefficient (Wildman–Crippen LogP) is 0.577. The zero-order chi connectivity index (χ0) is 14.8. The average Bonchev–Trinajstić information content (AvgIpc) is 2.94. The fourth-order valence-electron chi connectivity index (χ4n) is 2.50. The molecule has 2 heterocycles. The fourth-order valence-corrected chi connectivity index (χ4v) is 2.50. The minimum atomic E-state index is -0.269. The molecule has 21 heavy (non-hydrogen) atoms. The largest absolute Gasteiger partial charge is 0.354 e. The van der Waals surface area contributed by atoms with Crippen molar-refractivity contribution in [1.82, 2.24) is 20.2 Å². The van der Waals surface area contributed by atoms with Crippen molar-refractivity contribution < 1.29 is 9.59 Å². The zero-order valence-electron chi connectivity index (χ0n) is 11.7. The van der Waals surface area contributed by atoms with Gasteiger partial charge in [-0.3, -0.25) is 9.59 Å². The second kappa shape index (κ2) is 5.49. The Bertz CT molecular complexity index is 691. The van der Waals surface area contributed by atoms with Gasteiger partial charge in [-0.25, -0.2) is 4.98 Å². The number of amides is 1. The molecular formula is C15H16N4O2. The van der Waals surface area contributed by atoms with Crippen LogP contribution in [0.3, 0.4) is 0 Å². The SMILES string of the molecule is CNC(=O)c1nc(C(=O)c2ccccc2)n2c1CNCC2. The molecule has 1 aliphatic heterocycles. The molecule has 0 saturated carbocycles. The van der Waals surface area contributed by atoms with Crippen LogP contribution in [0.5, 0.6) is 0 Å². The van der Waals surface area contributed by atoms with E-state index in [-0.39, 0.29) is 11.7 Å². The third-order valence-corrected chi connectivity index (χ3v) is 3.56. The summed E-state index contributed by atoms with van der Waals surface area (Å²) in [6, 6.07) is 9.00. The Balaban J connectivity index is 2.09. The number of hydrogen-bond donors (Lipinski definition) is 2. The van der Waals surface area contributed by atoms with Crippen LogP contribution in [0.2, 0.25) is 0 Å². The van der Waals surface area contributed by atoms with Crippen molar-refractivity contribution in [3.63, 3.8) is 0 Å². The molecular weight excluding hydrogens is 268 g/mol. The van der Waals surface area contributed by atoms with E-state index in [0.717, 1.165) is 12.2 Å². The highest BCUT2D eigenvalue weighted by Gasteiger charge is 2.27. The van der Waals surface area contributed by atoms with Crippen LogP contribution in [0, 0.1) is 0 Å². The Morgan fingerprint density at radius 1 is 1.29 bits per heavy atom. The molecule has 0 radical (unpaired) electrons. The second-order valence-corrected chi connectivity index (χ2v) is 4.83. The van der Waals surface area contributed by atoms with Crippen molar-refractivity contribution in [1.29, 1.82) is 0 Å². The number of rotatable bonds is 3. The van der Waals surface area contributed by atoms with E-state index >= 15 is 0 Å². The highest BCUT2D eigenvalue weighted by Crippen LogP contribution is 2.18. The minimum Gasteiger partial charge on any atom is -0.354 e. The Kier molecular flexibility index (Phi) is 3.53. The van der Waals surface area contributed by atoms with Gasteiger partial charge in [0.2, 0.25) is 5.78 Å². The first-order chi connectivity index (χ1) is 10.2. The topological polar surface area (TPSA) is 76.0 Å². The van der Waals surface area contributed by atoms with Gasteiger partial charge in [0.15, 0.2) is 11.5 Å². The molecule has 0 spiro atoms. The second-order valence-electron chi connectivity index (χ2n) is 4.83. The maximum absolute atomic E-state index is 12.6. The number of benzene rings is 1. The van der Waals surface area contributed by atoms with Crippen molar-refractivity contribution in [2.75, 3.05) is 13.6 Å². The van der Waals surface area contributed by atoms with Gasteiger partial charge in [-0.05, 0) is 0 Å². The van der Waals surface area contributed by atoms with Crippen LogP contribution in [0.1, 0.15) is 32.4 Å². The first-order valence-electron chi connectivity index (χ1n) is 6.84. The number of fused-ring (bicyclic) bond motifs is 1. The summed E-state index contributed by atoms with van der Waals surface area (Å²) < 4.78 is 1.84. The molecule has 1 aliphatic rings. The molecule has 0 atom stereocenters. The predicted molar refractivity (Wildman–Crippen MR) is 77.2 cm³/mol. The quantitative estimate of drug-likeness (QED) is 0.808. The normalized spacial score (nSPS) is 13.6. The van der Waals surface area contributed by atoms with Gasteiger partial charge in [0.1, 0.15) is 0 Å². The Hall–Kier alpha value is -2.47. The summed E-state index contributed by atoms with van der Waals surface area (Å²) in [6.07, 6.45) is 0. The Morgan fingerprint density at radius 3 is 2.76 bits per heavy atom. The molecule has 0 aliphatic carbocycles. The maximum atomic E-state index is 12.6. The number of ketones is 1. The number of nitrogens with one attached hydrogen (secondary N) is 2. The van der Waals surface area contributed by atoms with Crippen LogP contribution in [0.4, 0.5) is 0 Å². The molecule has 0 unspecified atom stereocenters. The first-order valence-corrected chi connectivity index (χ1v) is 6.84. The van der Waals surface area contributed by atoms with Crippen molar-refractivity contribution in [2.45, 2.75) is 13.1 Å². The van der Waals surface area contributed by atoms with Gasteiger partial charge in [0, 0.05) is 32.2 Å². The summed E-state index contributed by atoms with van der Waals surface area (Å²) in [7, 11) is 1.56. The van der Waals surface area contributed by atoms with Crippen LogP contribution in [-0.4, -0.2) is 34.8 Å². The van der Waals surface area contributed by atoms with Crippen molar-refractivity contribution in [3.05, 3.63) is 53.1 Å². The van der Waals surface area contributed by atoms with E-state index in [4.69, 9.17) is 0 Å². The van der Waals surface area contributed by atoms with Crippen LogP contribution >= 0.6 is 0 Å². The third kappa shape index (κ3) is 2.34. The average molecular weight is 284 g/mol. The van der Waals surface area contributed by atoms with Crippen molar-refractivity contribution >= 4 is 11.7 Å². The summed E-state index contributed by atoms with van der Waals surface area (Å²) in [4.78, 5) is 28.8. The summed E-state index contributed by atoms with van der Waals surface area (Å²) in [5.41, 5.74) is 1.66. The molecule has 2 aromatic rings. The van der Waals surface area contributed by atoms with E-state index in [1.54, 1.807) is 19.2 Å². The molecule has 6 nitrogen and oxygen atoms in total. The van der Waals surface area contributed by atoms with E-state index in [2.05, 4.69) is 15.6 Å². The number of carbonyl (C=O) groups is 2. The summed E-state index contributed by atoms with van der Waals surface area (Å²) in [6.45, 7) is 1.93. The number of nitrogens with zero attached hydrogens (tertiary/aromatic N) is 2. The van der Waals surface area contributed by atoms with E-state index in [1.807, 2.05) is 22.8 Å². The lowest BCUT2D eigenvalue weighted by atomic mass is 10.1. The monoisotopic (exact) mass is 284 g/mol. The van der Waals surface area contributed by atoms with E-state index in [0.29, 0.717) is 30.2 Å². The molecule has 0 fully saturated rings. The summed E-state index contributed by atoms with van der Waals surface area (Å²) in [5, 5.41) is 5.77. The first kappa shape index (κ1) is 13.5. The van der Waals surface area contributed by atoms with Gasteiger partial charge in [0.25, 0.3) is 5.91 Å². The molecule has 1 amide bonds. The van der Waals surface area contributed by atoms with Crippen LogP contribution < -0.4 is 10.6 Å². The van der Waals surface area contributed by atoms with E-state index in [9.17, 15) is 9.59 Å². The van der Waals surface area contributed by atoms with E-state index < -0.39 is 0 Å². The molecule has 3 rings (SSSR count). The smallest absolute Gasteiger partial charge is 0.271 e. The minimum absolute atomic E-state index is 0.158. The van der Waals surface area contributed by atoms with E-state index in [1.165, 1.54) is 0 Å². The lowest BCUT2D eigenvalue weighted by molar-refractivity contribution is 0.0957. The number of carbonyl (C=O) groups excluding carboxylic acids is 2. The van der Waals surface area contributed by atoms with Crippen molar-refractivity contribution in [3.8, 4) is 0 Å². The molecule has 0 bridgehead atoms. The highest BCUT2D eigenvalue weighted by molar-refractivity contribution is 6.07. The fraction of sp³-hybridized carbons (Fsp3) is 0.267. The zero-order valence-corrected chi connectivity index (χ0v) is 11.7. The van der Waals surface area contributed by atoms with Gasteiger partial charge < -0.3 is 15.2 Å². The number of imidazole rings is 1. The number of aromatic nitrogens is 2. The lowest BCUT2D eigenvalue weighted by Crippen LogP contribution is -2.31. The molecule has 108 valence electrons. The standard InChI is InChI=1S/C15H16N4O2/c1-16-15(21)12-11-9-17-7-8-19(11)14(18-12)13(20)10-5-3-2-4-6-10/h2-6,17H,7-9H2,1H3,(H,16,21). The van der Waals surface area contributed by atoms with Gasteiger partial charge in [-0.15, -0.1) is 0 Å². The highest BCUT2D eigenvalue weighted by atomic mass is 16.2. The number of hydrogen-bond acceptors (Lipinski definition) is 4. The molecule has 6 heteroatoms. The molecule has 1 aromatic carbocycles. The molecule has 1 aromatic heterocycles.